The highest BCUT2D eigenvalue weighted by atomic mass is 16.2. The molecule has 22 heavy (non-hydrogen) atoms. The van der Waals surface area contributed by atoms with Gasteiger partial charge in [-0.3, -0.25) is 9.59 Å². The molecule has 0 aliphatic rings. The number of rotatable bonds is 8. The van der Waals surface area contributed by atoms with Crippen LogP contribution in [0.4, 0.5) is 4.79 Å². The van der Waals surface area contributed by atoms with Crippen molar-refractivity contribution in [2.75, 3.05) is 6.54 Å². The van der Waals surface area contributed by atoms with Gasteiger partial charge in [-0.1, -0.05) is 11.7 Å². The Labute approximate surface area is 127 Å². The first-order valence-corrected chi connectivity index (χ1v) is 6.93. The Morgan fingerprint density at radius 2 is 2.00 bits per heavy atom. The van der Waals surface area contributed by atoms with Gasteiger partial charge < -0.3 is 16.8 Å². The zero-order valence-electron chi connectivity index (χ0n) is 12.6. The third kappa shape index (κ3) is 4.58. The molecule has 0 bridgehead atoms. The van der Waals surface area contributed by atoms with Crippen LogP contribution in [0, 0.1) is 5.92 Å². The second-order valence-electron chi connectivity index (χ2n) is 4.55. The van der Waals surface area contributed by atoms with Gasteiger partial charge in [-0.25, -0.2) is 4.79 Å². The van der Waals surface area contributed by atoms with Crippen LogP contribution in [0.1, 0.15) is 38.9 Å². The standard InChI is InChI=1S/C12H20N7O3/c1-3-7(10(21)8(13)5-6-9(14)20)11-16-18-19(17-11)12(22)15-4-2/h8H,3-6,13H2,1-2H3,(H2,14,20)(H,15,22)/t8-/m0/s1. The quantitative estimate of drug-likeness (QED) is 0.540. The minimum atomic E-state index is -0.876. The van der Waals surface area contributed by atoms with Crippen molar-refractivity contribution in [2.24, 2.45) is 11.5 Å². The van der Waals surface area contributed by atoms with Crippen LogP contribution in [0.5, 0.6) is 0 Å². The van der Waals surface area contributed by atoms with Crippen LogP contribution in [0.3, 0.4) is 0 Å². The number of Topliss-reactive ketones (excluding diaryl/α,β-unsaturated/α-hetero) is 1. The summed E-state index contributed by atoms with van der Waals surface area (Å²) in [7, 11) is 0. The molecule has 5 N–H and O–H groups in total. The molecule has 2 amide bonds. The Morgan fingerprint density at radius 3 is 2.55 bits per heavy atom. The van der Waals surface area contributed by atoms with Crippen molar-refractivity contribution in [3.8, 4) is 0 Å². The Morgan fingerprint density at radius 1 is 1.32 bits per heavy atom. The van der Waals surface area contributed by atoms with E-state index in [4.69, 9.17) is 11.5 Å². The number of hydrogen-bond donors (Lipinski definition) is 3. The lowest BCUT2D eigenvalue weighted by Crippen LogP contribution is -2.36. The van der Waals surface area contributed by atoms with Crippen LogP contribution in [0.15, 0.2) is 0 Å². The van der Waals surface area contributed by atoms with Gasteiger partial charge in [0.15, 0.2) is 11.6 Å². The van der Waals surface area contributed by atoms with E-state index in [-0.39, 0.29) is 30.4 Å². The molecule has 0 aliphatic heterocycles. The van der Waals surface area contributed by atoms with Gasteiger partial charge in [0, 0.05) is 13.0 Å². The number of nitrogens with zero attached hydrogens (tertiary/aromatic N) is 4. The topological polar surface area (TPSA) is 159 Å². The summed E-state index contributed by atoms with van der Waals surface area (Å²) in [5.74, 6) is -0.610. The smallest absolute Gasteiger partial charge is 0.360 e. The van der Waals surface area contributed by atoms with Gasteiger partial charge in [0.05, 0.1) is 6.04 Å². The van der Waals surface area contributed by atoms with E-state index < -0.39 is 18.0 Å². The molecule has 1 aromatic heterocycles. The molecule has 0 unspecified atom stereocenters. The van der Waals surface area contributed by atoms with E-state index in [1.165, 1.54) is 0 Å². The van der Waals surface area contributed by atoms with E-state index in [2.05, 4.69) is 20.7 Å². The molecule has 0 aliphatic carbocycles. The van der Waals surface area contributed by atoms with Crippen molar-refractivity contribution in [1.29, 1.82) is 0 Å². The summed E-state index contributed by atoms with van der Waals surface area (Å²) in [5.41, 5.74) is 10.8. The number of ketones is 1. The first-order valence-electron chi connectivity index (χ1n) is 6.93. The van der Waals surface area contributed by atoms with Crippen molar-refractivity contribution < 1.29 is 14.4 Å². The summed E-state index contributed by atoms with van der Waals surface area (Å²) in [4.78, 5) is 35.3. The van der Waals surface area contributed by atoms with Crippen molar-refractivity contribution in [2.45, 2.75) is 39.2 Å². The number of carbonyl (C=O) groups excluding carboxylic acids is 3. The minimum absolute atomic E-state index is 0.0168. The second-order valence-corrected chi connectivity index (χ2v) is 4.55. The fourth-order valence-corrected chi connectivity index (χ4v) is 1.74. The summed E-state index contributed by atoms with van der Waals surface area (Å²) in [6.07, 6.45) is 0.481. The molecule has 1 radical (unpaired) electrons. The van der Waals surface area contributed by atoms with Gasteiger partial charge in [-0.2, -0.15) is 0 Å². The average Bonchev–Trinajstić information content (AvgIpc) is 2.95. The largest absolute Gasteiger partial charge is 0.370 e. The Hall–Kier alpha value is -2.36. The van der Waals surface area contributed by atoms with Crippen LogP contribution in [-0.2, 0) is 9.59 Å². The van der Waals surface area contributed by atoms with Crippen molar-refractivity contribution >= 4 is 17.7 Å². The molecule has 121 valence electrons. The maximum atomic E-state index is 12.3. The number of carbonyl (C=O) groups is 3. The summed E-state index contributed by atoms with van der Waals surface area (Å²) in [6, 6.07) is -1.42. The lowest BCUT2D eigenvalue weighted by Gasteiger charge is -2.14. The van der Waals surface area contributed by atoms with Crippen molar-refractivity contribution in [3.63, 3.8) is 0 Å². The zero-order valence-corrected chi connectivity index (χ0v) is 12.6. The minimum Gasteiger partial charge on any atom is -0.370 e. The first kappa shape index (κ1) is 17.7. The molecule has 1 aromatic rings. The van der Waals surface area contributed by atoms with Gasteiger partial charge in [0.25, 0.3) is 0 Å². The van der Waals surface area contributed by atoms with Crippen LogP contribution >= 0.6 is 0 Å². The maximum Gasteiger partial charge on any atom is 0.360 e. The van der Waals surface area contributed by atoms with E-state index >= 15 is 0 Å². The van der Waals surface area contributed by atoms with Gasteiger partial charge in [0.1, 0.15) is 5.92 Å². The predicted molar refractivity (Wildman–Crippen MR) is 76.3 cm³/mol. The molecule has 1 heterocycles. The summed E-state index contributed by atoms with van der Waals surface area (Å²) in [6.45, 7) is 3.90. The lowest BCUT2D eigenvalue weighted by molar-refractivity contribution is -0.119. The molecule has 1 rings (SSSR count). The van der Waals surface area contributed by atoms with Crippen LogP contribution in [0.25, 0.3) is 0 Å². The fraction of sp³-hybridized carbons (Fsp3) is 0.583. The molecule has 0 fully saturated rings. The predicted octanol–water partition coefficient (Wildman–Crippen LogP) is -1.25. The number of tetrazole rings is 1. The highest BCUT2D eigenvalue weighted by Gasteiger charge is 2.29. The molecule has 10 heteroatoms. The number of aromatic nitrogens is 4. The third-order valence-electron chi connectivity index (χ3n) is 2.88. The Kier molecular flexibility index (Phi) is 6.57. The van der Waals surface area contributed by atoms with Gasteiger partial charge in [0.2, 0.25) is 5.91 Å². The molecule has 0 saturated carbocycles. The maximum absolute atomic E-state index is 12.3. The van der Waals surface area contributed by atoms with E-state index in [1.54, 1.807) is 13.8 Å². The summed E-state index contributed by atoms with van der Waals surface area (Å²) >= 11 is 0. The molecule has 0 aromatic carbocycles. The molecule has 10 nitrogen and oxygen atoms in total. The number of nitrogens with one attached hydrogen (secondary N) is 1. The highest BCUT2D eigenvalue weighted by Crippen LogP contribution is 2.17. The number of primary amides is 1. The summed E-state index contributed by atoms with van der Waals surface area (Å²) < 4.78 is 0. The van der Waals surface area contributed by atoms with Crippen molar-refractivity contribution in [3.05, 3.63) is 11.7 Å². The molecular formula is C12H20N7O3. The second kappa shape index (κ2) is 8.17. The van der Waals surface area contributed by atoms with Crippen LogP contribution in [-0.4, -0.2) is 50.5 Å². The molecule has 0 saturated heterocycles. The van der Waals surface area contributed by atoms with E-state index in [0.717, 1.165) is 4.80 Å². The molecular weight excluding hydrogens is 290 g/mol. The molecule has 0 spiro atoms. The fourth-order valence-electron chi connectivity index (χ4n) is 1.74. The van der Waals surface area contributed by atoms with E-state index in [9.17, 15) is 14.4 Å². The van der Waals surface area contributed by atoms with Crippen LogP contribution in [0.2, 0.25) is 0 Å². The Bertz CT molecular complexity index is 543. The highest BCUT2D eigenvalue weighted by molar-refractivity contribution is 5.99. The van der Waals surface area contributed by atoms with Gasteiger partial charge in [-0.05, 0) is 25.0 Å². The van der Waals surface area contributed by atoms with E-state index in [0.29, 0.717) is 13.0 Å². The van der Waals surface area contributed by atoms with Gasteiger partial charge >= 0.3 is 6.03 Å². The number of nitrogens with two attached hydrogens (primary N) is 2. The summed E-state index contributed by atoms with van der Waals surface area (Å²) in [5, 5.41) is 13.7. The number of amides is 2. The molecule has 1 atom stereocenters. The lowest BCUT2D eigenvalue weighted by atomic mass is 9.93. The van der Waals surface area contributed by atoms with E-state index in [1.807, 2.05) is 0 Å². The number of hydrogen-bond acceptors (Lipinski definition) is 7. The van der Waals surface area contributed by atoms with Gasteiger partial charge in [-0.15, -0.1) is 10.2 Å². The SMILES string of the molecule is CCNC(=O)n1nnc([C](CC)C(=O)[C@@H](N)CCC(N)=O)n1. The normalized spacial score (nSPS) is 12.2. The first-order chi connectivity index (χ1) is 10.4. The Balaban J connectivity index is 2.80. The van der Waals surface area contributed by atoms with Crippen molar-refractivity contribution in [1.82, 2.24) is 25.5 Å². The van der Waals surface area contributed by atoms with Crippen LogP contribution < -0.4 is 16.8 Å². The average molecular weight is 310 g/mol. The third-order valence-corrected chi connectivity index (χ3v) is 2.88. The zero-order chi connectivity index (χ0) is 16.7. The monoisotopic (exact) mass is 310 g/mol.